The van der Waals surface area contributed by atoms with Crippen molar-refractivity contribution in [3.05, 3.63) is 47.5 Å². The zero-order valence-electron chi connectivity index (χ0n) is 17.4. The quantitative estimate of drug-likeness (QED) is 0.509. The Morgan fingerprint density at radius 1 is 1.17 bits per heavy atom. The first-order chi connectivity index (χ1) is 14.6. The average Bonchev–Trinajstić information content (AvgIpc) is 3.51. The molecule has 0 saturated heterocycles. The number of methoxy groups -OCH3 is 1. The summed E-state index contributed by atoms with van der Waals surface area (Å²) in [6.45, 7) is 3.53. The number of aromatic hydroxyl groups is 1. The lowest BCUT2D eigenvalue weighted by Gasteiger charge is -2.10. The smallest absolute Gasteiger partial charge is 0.310 e. The number of carbonyl (C=O) groups is 1. The van der Waals surface area contributed by atoms with E-state index < -0.39 is 0 Å². The minimum atomic E-state index is -0.324. The molecule has 0 bridgehead atoms. The second kappa shape index (κ2) is 8.79. The number of hydrogen-bond acceptors (Lipinski definition) is 6. The molecule has 2 aromatic carbocycles. The summed E-state index contributed by atoms with van der Waals surface area (Å²) in [5, 5.41) is 14.8. The van der Waals surface area contributed by atoms with Crippen LogP contribution in [0.5, 0.6) is 11.5 Å². The van der Waals surface area contributed by atoms with Crippen LogP contribution in [0.4, 0.5) is 0 Å². The summed E-state index contributed by atoms with van der Waals surface area (Å²) in [5.74, 6) is 1.94. The van der Waals surface area contributed by atoms with E-state index in [0.29, 0.717) is 24.5 Å². The normalized spacial score (nSPS) is 13.5. The fraction of sp³-hybridized carbons (Fsp3) is 0.375. The third kappa shape index (κ3) is 4.28. The number of esters is 1. The molecule has 0 radical (unpaired) electrons. The van der Waals surface area contributed by atoms with Crippen LogP contribution >= 0.6 is 0 Å². The molecule has 1 saturated carbocycles. The minimum Gasteiger partial charge on any atom is -0.508 e. The second-order valence-corrected chi connectivity index (χ2v) is 7.63. The Labute approximate surface area is 175 Å². The van der Waals surface area contributed by atoms with Crippen molar-refractivity contribution in [3.63, 3.8) is 0 Å². The van der Waals surface area contributed by atoms with Gasteiger partial charge in [0.2, 0.25) is 0 Å². The number of fused-ring (bicyclic) bond motifs is 1. The van der Waals surface area contributed by atoms with Crippen LogP contribution in [-0.4, -0.2) is 31.3 Å². The minimum absolute atomic E-state index is 0.0707. The van der Waals surface area contributed by atoms with E-state index in [1.165, 1.54) is 12.8 Å². The Hall–Kier alpha value is -2.99. The Morgan fingerprint density at radius 2 is 1.93 bits per heavy atom. The molecular formula is C24H27NO5. The molecule has 1 aliphatic rings. The number of benzene rings is 2. The molecule has 4 rings (SSSR count). The first kappa shape index (κ1) is 20.3. The molecule has 1 aromatic heterocycles. The van der Waals surface area contributed by atoms with Gasteiger partial charge < -0.3 is 24.3 Å². The van der Waals surface area contributed by atoms with Gasteiger partial charge in [-0.05, 0) is 68.6 Å². The highest BCUT2D eigenvalue weighted by atomic mass is 16.5. The van der Waals surface area contributed by atoms with Crippen LogP contribution in [-0.2, 0) is 22.5 Å². The van der Waals surface area contributed by atoms with Crippen LogP contribution < -0.4 is 10.1 Å². The molecule has 158 valence electrons. The highest BCUT2D eigenvalue weighted by Crippen LogP contribution is 2.39. The third-order valence-corrected chi connectivity index (χ3v) is 5.45. The van der Waals surface area contributed by atoms with Gasteiger partial charge in [-0.1, -0.05) is 0 Å². The van der Waals surface area contributed by atoms with E-state index in [-0.39, 0.29) is 18.1 Å². The summed E-state index contributed by atoms with van der Waals surface area (Å²) < 4.78 is 16.6. The summed E-state index contributed by atoms with van der Waals surface area (Å²) in [7, 11) is 1.62. The molecule has 0 spiro atoms. The summed E-state index contributed by atoms with van der Waals surface area (Å²) in [5.41, 5.74) is 2.95. The second-order valence-electron chi connectivity index (χ2n) is 7.63. The largest absolute Gasteiger partial charge is 0.508 e. The summed E-state index contributed by atoms with van der Waals surface area (Å²) >= 11 is 0. The molecule has 3 aromatic rings. The van der Waals surface area contributed by atoms with E-state index in [9.17, 15) is 9.90 Å². The van der Waals surface area contributed by atoms with Crippen molar-refractivity contribution >= 4 is 16.9 Å². The number of ether oxygens (including phenoxy) is 2. The highest BCUT2D eigenvalue weighted by Gasteiger charge is 2.24. The molecule has 0 aliphatic heterocycles. The maximum Gasteiger partial charge on any atom is 0.310 e. The fourth-order valence-electron chi connectivity index (χ4n) is 3.72. The van der Waals surface area contributed by atoms with Gasteiger partial charge in [-0.15, -0.1) is 0 Å². The van der Waals surface area contributed by atoms with Gasteiger partial charge in [0.15, 0.2) is 0 Å². The molecule has 6 nitrogen and oxygen atoms in total. The molecule has 2 N–H and O–H groups in total. The molecule has 0 atom stereocenters. The van der Waals surface area contributed by atoms with Crippen LogP contribution in [0.2, 0.25) is 0 Å². The number of hydrogen-bond donors (Lipinski definition) is 2. The summed E-state index contributed by atoms with van der Waals surface area (Å²) in [6.07, 6.45) is 2.58. The van der Waals surface area contributed by atoms with Crippen molar-refractivity contribution in [1.82, 2.24) is 5.32 Å². The Bertz CT molecular complexity index is 1030. The predicted octanol–water partition coefficient (Wildman–Crippen LogP) is 4.42. The highest BCUT2D eigenvalue weighted by molar-refractivity contribution is 5.95. The van der Waals surface area contributed by atoms with Crippen molar-refractivity contribution in [1.29, 1.82) is 0 Å². The van der Waals surface area contributed by atoms with Crippen LogP contribution in [0, 0.1) is 5.92 Å². The van der Waals surface area contributed by atoms with E-state index >= 15 is 0 Å². The number of furan rings is 1. The zero-order valence-corrected chi connectivity index (χ0v) is 17.4. The van der Waals surface area contributed by atoms with Gasteiger partial charge in [0, 0.05) is 28.6 Å². The maximum absolute atomic E-state index is 12.4. The molecule has 0 amide bonds. The lowest BCUT2D eigenvalue weighted by Crippen LogP contribution is -2.16. The van der Waals surface area contributed by atoms with Crippen LogP contribution in [0.1, 0.15) is 30.9 Å². The molecule has 1 aliphatic carbocycles. The van der Waals surface area contributed by atoms with Gasteiger partial charge >= 0.3 is 5.97 Å². The standard InChI is InChI=1S/C24H27NO5/c1-3-29-22(27)12-18-23-19(14-25-13-15-4-5-15)20(26)10-11-21(23)30-24(18)16-6-8-17(28-2)9-7-16/h6-11,15,25-26H,3-5,12-14H2,1-2H3. The first-order valence-electron chi connectivity index (χ1n) is 10.4. The van der Waals surface area contributed by atoms with Crippen molar-refractivity contribution in [2.45, 2.75) is 32.7 Å². The average molecular weight is 409 g/mol. The van der Waals surface area contributed by atoms with E-state index in [2.05, 4.69) is 5.32 Å². The van der Waals surface area contributed by atoms with Crippen molar-refractivity contribution in [2.75, 3.05) is 20.3 Å². The van der Waals surface area contributed by atoms with Gasteiger partial charge in [0.25, 0.3) is 0 Å². The monoisotopic (exact) mass is 409 g/mol. The van der Waals surface area contributed by atoms with Crippen LogP contribution in [0.3, 0.4) is 0 Å². The Balaban J connectivity index is 1.79. The fourth-order valence-corrected chi connectivity index (χ4v) is 3.72. The van der Waals surface area contributed by atoms with Crippen molar-refractivity contribution in [3.8, 4) is 22.8 Å². The number of nitrogens with one attached hydrogen (secondary N) is 1. The molecule has 30 heavy (non-hydrogen) atoms. The van der Waals surface area contributed by atoms with E-state index in [0.717, 1.165) is 40.3 Å². The van der Waals surface area contributed by atoms with Crippen molar-refractivity contribution < 1.29 is 23.8 Å². The molecule has 6 heteroatoms. The molecule has 1 heterocycles. The van der Waals surface area contributed by atoms with E-state index in [4.69, 9.17) is 13.9 Å². The summed E-state index contributed by atoms with van der Waals surface area (Å²) in [6, 6.07) is 10.9. The van der Waals surface area contributed by atoms with Gasteiger partial charge in [0.1, 0.15) is 22.8 Å². The Morgan fingerprint density at radius 3 is 2.60 bits per heavy atom. The zero-order chi connectivity index (χ0) is 21.1. The lowest BCUT2D eigenvalue weighted by molar-refractivity contribution is -0.142. The van der Waals surface area contributed by atoms with Gasteiger partial charge in [-0.25, -0.2) is 0 Å². The van der Waals surface area contributed by atoms with E-state index in [1.54, 1.807) is 26.2 Å². The van der Waals surface area contributed by atoms with Crippen LogP contribution in [0.25, 0.3) is 22.3 Å². The summed E-state index contributed by atoms with van der Waals surface area (Å²) in [4.78, 5) is 12.4. The molecule has 1 fully saturated rings. The van der Waals surface area contributed by atoms with Crippen LogP contribution in [0.15, 0.2) is 40.8 Å². The van der Waals surface area contributed by atoms with Gasteiger partial charge in [-0.2, -0.15) is 0 Å². The topological polar surface area (TPSA) is 80.9 Å². The molecule has 0 unspecified atom stereocenters. The molecular weight excluding hydrogens is 382 g/mol. The number of rotatable bonds is 9. The lowest BCUT2D eigenvalue weighted by atomic mass is 9.98. The Kier molecular flexibility index (Phi) is 5.95. The number of carbonyl (C=O) groups excluding carboxylic acids is 1. The predicted molar refractivity (Wildman–Crippen MR) is 115 cm³/mol. The SMILES string of the molecule is CCOC(=O)Cc1c(-c2ccc(OC)cc2)oc2ccc(O)c(CNCC3CC3)c12. The van der Waals surface area contributed by atoms with Crippen molar-refractivity contribution in [2.24, 2.45) is 5.92 Å². The number of phenolic OH excluding ortho intramolecular Hbond substituents is 1. The third-order valence-electron chi connectivity index (χ3n) is 5.45. The first-order valence-corrected chi connectivity index (χ1v) is 10.4. The van der Waals surface area contributed by atoms with Gasteiger partial charge in [-0.3, -0.25) is 4.79 Å². The van der Waals surface area contributed by atoms with E-state index in [1.807, 2.05) is 24.3 Å². The maximum atomic E-state index is 12.4. The van der Waals surface area contributed by atoms with Gasteiger partial charge in [0.05, 0.1) is 20.1 Å². The number of phenols is 1.